The van der Waals surface area contributed by atoms with Gasteiger partial charge in [-0.05, 0) is 37.3 Å². The minimum atomic E-state index is -1.23. The van der Waals surface area contributed by atoms with Gasteiger partial charge < -0.3 is 25.0 Å². The van der Waals surface area contributed by atoms with Crippen LogP contribution in [0.25, 0.3) is 11.2 Å². The van der Waals surface area contributed by atoms with Crippen molar-refractivity contribution in [1.29, 1.82) is 0 Å². The maximum atomic E-state index is 12.4. The maximum absolute atomic E-state index is 12.4. The number of fused-ring (bicyclic) bond motifs is 1. The minimum Gasteiger partial charge on any atom is -0.389 e. The predicted octanol–water partition coefficient (Wildman–Crippen LogP) is 1.43. The Morgan fingerprint density at radius 1 is 1.34 bits per heavy atom. The molecule has 0 bridgehead atoms. The third kappa shape index (κ3) is 3.71. The number of amides is 1. The number of aromatic nitrogens is 4. The molecule has 0 unspecified atom stereocenters. The van der Waals surface area contributed by atoms with Gasteiger partial charge in [-0.3, -0.25) is 4.79 Å². The largest absolute Gasteiger partial charge is 0.389 e. The smallest absolute Gasteiger partial charge is 0.228 e. The lowest BCUT2D eigenvalue weighted by Crippen LogP contribution is -2.45. The monoisotopic (exact) mass is 474 g/mol. The summed E-state index contributed by atoms with van der Waals surface area (Å²) in [6.45, 7) is 1.64. The fourth-order valence-electron chi connectivity index (χ4n) is 4.05. The normalized spacial score (nSPS) is 24.9. The summed E-state index contributed by atoms with van der Waals surface area (Å²) in [5.74, 6) is 6.51. The van der Waals surface area contributed by atoms with Crippen molar-refractivity contribution in [2.24, 2.45) is 5.41 Å². The number of aliphatic hydroxyl groups is 2. The zero-order valence-corrected chi connectivity index (χ0v) is 19.6. The Bertz CT molecular complexity index is 1250. The number of carbonyl (C=O) groups is 1. The van der Waals surface area contributed by atoms with Crippen LogP contribution < -0.4 is 10.2 Å². The number of rotatable bonds is 3. The molecule has 4 atom stereocenters. The van der Waals surface area contributed by atoms with Crippen LogP contribution in [0.4, 0.5) is 5.82 Å². The molecule has 4 rings (SSSR count). The molecule has 11 heteroatoms. The summed E-state index contributed by atoms with van der Waals surface area (Å²) in [5.41, 5.74) is -0.141. The zero-order chi connectivity index (χ0) is 23.2. The SMILES string of the molecule is CNC(=O)[C@@]1(C)C[C@@H](n2cnc3c(N(C)C)nc(C#Cc4ccc(Cl)s4)nc32)[C@H](O)[C@@H]1O. The summed E-state index contributed by atoms with van der Waals surface area (Å²) in [6, 6.07) is 3.00. The van der Waals surface area contributed by atoms with Crippen LogP contribution in [0.2, 0.25) is 4.34 Å². The van der Waals surface area contributed by atoms with Crippen molar-refractivity contribution in [2.45, 2.75) is 31.6 Å². The fraction of sp³-hybridized carbons (Fsp3) is 0.429. The molecular weight excluding hydrogens is 452 g/mol. The van der Waals surface area contributed by atoms with Crippen molar-refractivity contribution in [2.75, 3.05) is 26.0 Å². The summed E-state index contributed by atoms with van der Waals surface area (Å²) in [7, 11) is 5.19. The quantitative estimate of drug-likeness (QED) is 0.491. The average Bonchev–Trinajstić information content (AvgIpc) is 3.44. The lowest BCUT2D eigenvalue weighted by atomic mass is 9.85. The van der Waals surface area contributed by atoms with Gasteiger partial charge in [0.1, 0.15) is 6.10 Å². The Morgan fingerprint density at radius 2 is 2.09 bits per heavy atom. The summed E-state index contributed by atoms with van der Waals surface area (Å²) < 4.78 is 2.34. The van der Waals surface area contributed by atoms with E-state index in [1.165, 1.54) is 18.4 Å². The topological polar surface area (TPSA) is 116 Å². The molecule has 0 radical (unpaired) electrons. The van der Waals surface area contributed by atoms with Gasteiger partial charge in [0.15, 0.2) is 17.0 Å². The third-order valence-corrected chi connectivity index (χ3v) is 6.95. The van der Waals surface area contributed by atoms with Gasteiger partial charge in [0, 0.05) is 21.1 Å². The molecule has 1 aliphatic carbocycles. The van der Waals surface area contributed by atoms with Gasteiger partial charge in [-0.15, -0.1) is 11.3 Å². The molecule has 0 spiro atoms. The van der Waals surface area contributed by atoms with E-state index in [-0.39, 0.29) is 18.2 Å². The number of carbonyl (C=O) groups excluding carboxylic acids is 1. The molecule has 1 saturated carbocycles. The van der Waals surface area contributed by atoms with Gasteiger partial charge in [0.05, 0.1) is 33.1 Å². The first-order valence-corrected chi connectivity index (χ1v) is 11.1. The van der Waals surface area contributed by atoms with E-state index >= 15 is 0 Å². The Balaban J connectivity index is 1.81. The van der Waals surface area contributed by atoms with Crippen molar-refractivity contribution in [1.82, 2.24) is 24.8 Å². The van der Waals surface area contributed by atoms with E-state index in [0.717, 1.165) is 4.88 Å². The molecule has 9 nitrogen and oxygen atoms in total. The Kier molecular flexibility index (Phi) is 5.85. The number of anilines is 1. The molecule has 168 valence electrons. The third-order valence-electron chi connectivity index (χ3n) is 5.80. The number of nitrogens with one attached hydrogen (secondary N) is 1. The lowest BCUT2D eigenvalue weighted by Gasteiger charge is -2.26. The van der Waals surface area contributed by atoms with E-state index in [4.69, 9.17) is 11.6 Å². The van der Waals surface area contributed by atoms with Gasteiger partial charge in [-0.25, -0.2) is 15.0 Å². The Hall–Kier alpha value is -2.71. The average molecular weight is 475 g/mol. The molecule has 1 amide bonds. The molecule has 3 N–H and O–H groups in total. The zero-order valence-electron chi connectivity index (χ0n) is 18.0. The van der Waals surface area contributed by atoms with Crippen LogP contribution in [0.3, 0.4) is 0 Å². The van der Waals surface area contributed by atoms with Crippen LogP contribution in [0.5, 0.6) is 0 Å². The van der Waals surface area contributed by atoms with E-state index in [9.17, 15) is 15.0 Å². The van der Waals surface area contributed by atoms with Gasteiger partial charge in [-0.2, -0.15) is 0 Å². The number of halogens is 1. The first kappa shape index (κ1) is 22.5. The summed E-state index contributed by atoms with van der Waals surface area (Å²) in [6.07, 6.45) is -0.631. The molecule has 0 aliphatic heterocycles. The number of hydrogen-bond acceptors (Lipinski definition) is 8. The molecule has 0 saturated heterocycles. The van der Waals surface area contributed by atoms with Crippen LogP contribution in [0.15, 0.2) is 18.5 Å². The van der Waals surface area contributed by atoms with E-state index in [0.29, 0.717) is 21.3 Å². The van der Waals surface area contributed by atoms with Crippen molar-refractivity contribution in [3.8, 4) is 11.8 Å². The first-order valence-electron chi connectivity index (χ1n) is 9.93. The molecule has 1 aliphatic rings. The summed E-state index contributed by atoms with van der Waals surface area (Å²) in [4.78, 5) is 28.6. The van der Waals surface area contributed by atoms with Crippen molar-refractivity contribution >= 4 is 45.8 Å². The van der Waals surface area contributed by atoms with Crippen LogP contribution in [0.1, 0.15) is 30.1 Å². The number of thiophene rings is 1. The minimum absolute atomic E-state index is 0.219. The second-order valence-electron chi connectivity index (χ2n) is 8.15. The highest BCUT2D eigenvalue weighted by molar-refractivity contribution is 7.16. The number of aliphatic hydroxyl groups excluding tert-OH is 2. The molecule has 0 aromatic carbocycles. The van der Waals surface area contributed by atoms with Gasteiger partial charge in [0.2, 0.25) is 11.7 Å². The second kappa shape index (κ2) is 8.33. The molecular formula is C21H23ClN6O3S. The first-order chi connectivity index (χ1) is 15.2. The van der Waals surface area contributed by atoms with E-state index in [1.54, 1.807) is 23.9 Å². The molecule has 3 aromatic rings. The van der Waals surface area contributed by atoms with Crippen molar-refractivity contribution in [3.05, 3.63) is 33.5 Å². The van der Waals surface area contributed by atoms with Crippen molar-refractivity contribution in [3.63, 3.8) is 0 Å². The molecule has 3 heterocycles. The highest BCUT2D eigenvalue weighted by Gasteiger charge is 2.54. The summed E-state index contributed by atoms with van der Waals surface area (Å²) >= 11 is 7.34. The van der Waals surface area contributed by atoms with E-state index < -0.39 is 23.7 Å². The maximum Gasteiger partial charge on any atom is 0.228 e. The Labute approximate surface area is 194 Å². The van der Waals surface area contributed by atoms with Crippen LogP contribution in [-0.2, 0) is 4.79 Å². The van der Waals surface area contributed by atoms with Crippen LogP contribution in [0, 0.1) is 17.3 Å². The number of imidazole rings is 1. The lowest BCUT2D eigenvalue weighted by molar-refractivity contribution is -0.136. The fourth-order valence-corrected chi connectivity index (χ4v) is 4.95. The highest BCUT2D eigenvalue weighted by Crippen LogP contribution is 2.45. The molecule has 32 heavy (non-hydrogen) atoms. The second-order valence-corrected chi connectivity index (χ2v) is 9.86. The van der Waals surface area contributed by atoms with Gasteiger partial charge in [0.25, 0.3) is 0 Å². The Morgan fingerprint density at radius 3 is 2.72 bits per heavy atom. The van der Waals surface area contributed by atoms with Gasteiger partial charge >= 0.3 is 0 Å². The van der Waals surface area contributed by atoms with Crippen molar-refractivity contribution < 1.29 is 15.0 Å². The van der Waals surface area contributed by atoms with E-state index in [1.807, 2.05) is 25.1 Å². The summed E-state index contributed by atoms with van der Waals surface area (Å²) in [5, 5.41) is 24.0. The standard InChI is InChI=1S/C21H23ClN6O3S/c1-21(20(31)23-2)9-12(16(29)17(21)30)28-10-24-15-18(27(3)4)25-14(26-19(15)28)8-6-11-5-7-13(22)32-11/h5,7,10,12,16-17,29-30H,9H2,1-4H3,(H,23,31)/t12-,16+,17+,21+/m1/s1. The molecule has 3 aromatic heterocycles. The van der Waals surface area contributed by atoms with Crippen LogP contribution in [-0.4, -0.2) is 69.0 Å². The number of nitrogens with zero attached hydrogens (tertiary/aromatic N) is 5. The van der Waals surface area contributed by atoms with Crippen LogP contribution >= 0.6 is 22.9 Å². The number of hydrogen-bond donors (Lipinski definition) is 3. The highest BCUT2D eigenvalue weighted by atomic mass is 35.5. The predicted molar refractivity (Wildman–Crippen MR) is 123 cm³/mol. The molecule has 1 fully saturated rings. The van der Waals surface area contributed by atoms with Gasteiger partial charge in [-0.1, -0.05) is 11.6 Å². The van der Waals surface area contributed by atoms with E-state index in [2.05, 4.69) is 32.1 Å².